The number of aromatic amines is 2. The quantitative estimate of drug-likeness (QED) is 0.429. The minimum Gasteiger partial charge on any atom is -0.258 e. The van der Waals surface area contributed by atoms with Crippen LogP contribution < -0.4 is 17.1 Å². The fraction of sp³-hybridized carbons (Fsp3) is 0. The molecule has 2 aromatic rings. The maximum absolute atomic E-state index is 11.5. The average Bonchev–Trinajstić information content (AvgIpc) is 2.38. The highest BCUT2D eigenvalue weighted by Crippen LogP contribution is 2.14. The molecule has 1 aromatic heterocycles. The molecule has 0 aliphatic carbocycles. The number of H-pyrrole nitrogens is 2. The number of nitrogens with zero attached hydrogens (tertiary/aromatic N) is 4. The highest BCUT2D eigenvalue weighted by molar-refractivity contribution is 7.90. The van der Waals surface area contributed by atoms with Crippen LogP contribution in [0, 0.1) is 0 Å². The van der Waals surface area contributed by atoms with Crippen LogP contribution in [0.25, 0.3) is 16.1 Å². The van der Waals surface area contributed by atoms with Crippen molar-refractivity contribution in [2.45, 2.75) is 4.90 Å². The van der Waals surface area contributed by atoms with E-state index in [2.05, 4.69) is 9.43 Å². The van der Waals surface area contributed by atoms with Crippen molar-refractivity contribution < 1.29 is 8.42 Å². The van der Waals surface area contributed by atoms with Crippen LogP contribution in [-0.4, -0.2) is 23.0 Å². The Balaban J connectivity index is 2.61. The van der Waals surface area contributed by atoms with Gasteiger partial charge in [-0.3, -0.25) is 9.97 Å². The summed E-state index contributed by atoms with van der Waals surface area (Å²) in [6.45, 7) is 0. The Morgan fingerprint density at radius 3 is 2.05 bits per heavy atom. The molecule has 1 heterocycles. The van der Waals surface area contributed by atoms with Crippen molar-refractivity contribution in [1.82, 2.24) is 14.5 Å². The highest BCUT2D eigenvalue weighted by atomic mass is 32.2. The van der Waals surface area contributed by atoms with Gasteiger partial charge in [0.1, 0.15) is 0 Å². The molecule has 0 atom stereocenters. The zero-order valence-electron chi connectivity index (χ0n) is 10.0. The van der Waals surface area contributed by atoms with E-state index < -0.39 is 27.1 Å². The van der Waals surface area contributed by atoms with E-state index in [9.17, 15) is 22.8 Å². The van der Waals surface area contributed by atoms with Crippen LogP contribution in [0.2, 0.25) is 0 Å². The lowest BCUT2D eigenvalue weighted by atomic mass is 10.3. The van der Waals surface area contributed by atoms with E-state index in [-0.39, 0.29) is 10.6 Å². The van der Waals surface area contributed by atoms with Gasteiger partial charge in [0.15, 0.2) is 0 Å². The van der Waals surface area contributed by atoms with Gasteiger partial charge in [0.05, 0.1) is 10.6 Å². The van der Waals surface area contributed by atoms with E-state index in [1.54, 1.807) is 0 Å². The van der Waals surface area contributed by atoms with Gasteiger partial charge in [0, 0.05) is 9.43 Å². The average molecular weight is 310 g/mol. The third-order valence-electron chi connectivity index (χ3n) is 2.38. The first-order chi connectivity index (χ1) is 9.85. The minimum atomic E-state index is -4.16. The highest BCUT2D eigenvalue weighted by Gasteiger charge is 2.12. The van der Waals surface area contributed by atoms with E-state index in [1.807, 2.05) is 9.97 Å². The number of sulfonamides is 1. The predicted octanol–water partition coefficient (Wildman–Crippen LogP) is -0.787. The summed E-state index contributed by atoms with van der Waals surface area (Å²) in [6, 6.07) is 4.40. The van der Waals surface area contributed by atoms with Crippen molar-refractivity contribution in [3.8, 4) is 5.69 Å². The minimum absolute atomic E-state index is 0.0254. The molecule has 0 unspecified atom stereocenters. The molecule has 0 bridgehead atoms. The second kappa shape index (κ2) is 5.11. The van der Waals surface area contributed by atoms with Crippen LogP contribution in [0.3, 0.4) is 0 Å². The molecule has 0 aliphatic rings. The summed E-state index contributed by atoms with van der Waals surface area (Å²) in [5.41, 5.74) is 5.26. The second-order valence-electron chi connectivity index (χ2n) is 3.66. The Morgan fingerprint density at radius 1 is 1.05 bits per heavy atom. The molecule has 0 spiro atoms. The van der Waals surface area contributed by atoms with Gasteiger partial charge in [-0.2, -0.15) is 0 Å². The van der Waals surface area contributed by atoms with Crippen LogP contribution in [0.15, 0.2) is 48.1 Å². The third-order valence-corrected chi connectivity index (χ3v) is 3.54. The summed E-state index contributed by atoms with van der Waals surface area (Å²) < 4.78 is 26.2. The van der Waals surface area contributed by atoms with Crippen molar-refractivity contribution in [3.05, 3.63) is 66.2 Å². The van der Waals surface area contributed by atoms with Crippen LogP contribution in [0.5, 0.6) is 0 Å². The number of benzene rings is 1. The lowest BCUT2D eigenvalue weighted by Crippen LogP contribution is -2.42. The van der Waals surface area contributed by atoms with Gasteiger partial charge in [0.2, 0.25) is 0 Å². The molecule has 0 aliphatic heterocycles. The van der Waals surface area contributed by atoms with Gasteiger partial charge in [-0.1, -0.05) is 0 Å². The van der Waals surface area contributed by atoms with Crippen LogP contribution in [0.4, 0.5) is 0 Å². The zero-order valence-corrected chi connectivity index (χ0v) is 10.9. The summed E-state index contributed by atoms with van der Waals surface area (Å²) in [4.78, 5) is 39.6. The maximum atomic E-state index is 11.5. The first-order valence-corrected chi connectivity index (χ1v) is 6.66. The molecule has 2 N–H and O–H groups in total. The van der Waals surface area contributed by atoms with E-state index in [0.717, 1.165) is 24.3 Å². The molecule has 0 radical (unpaired) electrons. The fourth-order valence-electron chi connectivity index (χ4n) is 1.53. The first-order valence-electron chi connectivity index (χ1n) is 5.22. The van der Waals surface area contributed by atoms with E-state index in [0.29, 0.717) is 4.57 Å². The lowest BCUT2D eigenvalue weighted by Gasteiger charge is -2.03. The van der Waals surface area contributed by atoms with Crippen molar-refractivity contribution in [2.24, 2.45) is 4.52 Å². The van der Waals surface area contributed by atoms with Gasteiger partial charge in [-0.25, -0.2) is 27.4 Å². The van der Waals surface area contributed by atoms with Gasteiger partial charge >= 0.3 is 17.1 Å². The van der Waals surface area contributed by atoms with Crippen LogP contribution in [0.1, 0.15) is 0 Å². The molecule has 0 fully saturated rings. The Bertz CT molecular complexity index is 972. The molecule has 108 valence electrons. The third kappa shape index (κ3) is 2.75. The topological polar surface area (TPSA) is 171 Å². The Morgan fingerprint density at radius 2 is 1.57 bits per heavy atom. The molecule has 0 saturated heterocycles. The van der Waals surface area contributed by atoms with Gasteiger partial charge in [-0.05, 0) is 29.8 Å². The van der Waals surface area contributed by atoms with Gasteiger partial charge in [-0.15, -0.1) is 0 Å². The molecule has 1 aromatic carbocycles. The molecular formula is C9H6N6O5S. The van der Waals surface area contributed by atoms with Crippen molar-refractivity contribution in [2.75, 3.05) is 0 Å². The normalized spacial score (nSPS) is 10.9. The van der Waals surface area contributed by atoms with Gasteiger partial charge < -0.3 is 0 Å². The molecule has 11 nitrogen and oxygen atoms in total. The SMILES string of the molecule is [N-]=[N+]=NS(=O)(=O)c1ccc(-n2c(=O)[nH]c(=O)[nH]c2=O)cc1. The monoisotopic (exact) mass is 310 g/mol. The number of hydrogen-bond donors (Lipinski definition) is 2. The molecule has 0 saturated carbocycles. The van der Waals surface area contributed by atoms with Crippen molar-refractivity contribution >= 4 is 10.0 Å². The zero-order chi connectivity index (χ0) is 15.6. The largest absolute Gasteiger partial charge is 0.338 e. The second-order valence-corrected chi connectivity index (χ2v) is 5.25. The van der Waals surface area contributed by atoms with E-state index in [4.69, 9.17) is 5.53 Å². The molecule has 12 heteroatoms. The molecule has 0 amide bonds. The van der Waals surface area contributed by atoms with E-state index in [1.165, 1.54) is 0 Å². The fourth-order valence-corrected chi connectivity index (χ4v) is 2.20. The van der Waals surface area contributed by atoms with E-state index >= 15 is 0 Å². The number of rotatable bonds is 3. The number of aromatic nitrogens is 3. The molecular weight excluding hydrogens is 304 g/mol. The van der Waals surface area contributed by atoms with Crippen molar-refractivity contribution in [1.29, 1.82) is 0 Å². The Kier molecular flexibility index (Phi) is 3.48. The first kappa shape index (κ1) is 14.3. The Labute approximate surface area is 115 Å². The summed E-state index contributed by atoms with van der Waals surface area (Å²) >= 11 is 0. The molecule has 2 rings (SSSR count). The molecule has 21 heavy (non-hydrogen) atoms. The standard InChI is InChI=1S/C9H6N6O5S/c10-13-14-21(19,20)6-3-1-5(2-4-6)15-8(17)11-7(16)12-9(15)18/h1-4H,(H2,11,12,16,17,18). The van der Waals surface area contributed by atoms with Gasteiger partial charge in [0.25, 0.3) is 10.0 Å². The number of nitrogens with one attached hydrogen (secondary N) is 2. The maximum Gasteiger partial charge on any atom is 0.338 e. The van der Waals surface area contributed by atoms with Crippen molar-refractivity contribution in [3.63, 3.8) is 0 Å². The number of hydrogen-bond acceptors (Lipinski definition) is 5. The van der Waals surface area contributed by atoms with Crippen LogP contribution in [-0.2, 0) is 10.0 Å². The smallest absolute Gasteiger partial charge is 0.258 e. The predicted molar refractivity (Wildman–Crippen MR) is 69.6 cm³/mol. The lowest BCUT2D eigenvalue weighted by molar-refractivity contribution is 0.597. The summed E-state index contributed by atoms with van der Waals surface area (Å²) in [7, 11) is -4.16. The summed E-state index contributed by atoms with van der Waals surface area (Å²) in [5, 5.41) is 0. The summed E-state index contributed by atoms with van der Waals surface area (Å²) in [6.07, 6.45) is 0. The Hall–Kier alpha value is -3.11. The van der Waals surface area contributed by atoms with Crippen LogP contribution >= 0.6 is 0 Å². The number of azide groups is 1. The summed E-state index contributed by atoms with van der Waals surface area (Å²) in [5.74, 6) is 0.